The van der Waals surface area contributed by atoms with Crippen molar-refractivity contribution in [1.29, 1.82) is 0 Å². The Morgan fingerprint density at radius 3 is 2.67 bits per heavy atom. The van der Waals surface area contributed by atoms with E-state index in [0.717, 1.165) is 25.9 Å². The number of rotatable bonds is 4. The van der Waals surface area contributed by atoms with Crippen LogP contribution in [0.25, 0.3) is 0 Å². The van der Waals surface area contributed by atoms with E-state index < -0.39 is 0 Å². The van der Waals surface area contributed by atoms with Gasteiger partial charge in [-0.1, -0.05) is 0 Å². The summed E-state index contributed by atoms with van der Waals surface area (Å²) < 4.78 is 4.73. The van der Waals surface area contributed by atoms with E-state index in [1.807, 2.05) is 0 Å². The van der Waals surface area contributed by atoms with Crippen molar-refractivity contribution >= 4 is 17.6 Å². The minimum absolute atomic E-state index is 0.105. The summed E-state index contributed by atoms with van der Waals surface area (Å²) in [6.07, 6.45) is 1.70. The monoisotopic (exact) mass is 191 g/mol. The molecule has 0 unspecified atom stereocenters. The van der Waals surface area contributed by atoms with Crippen LogP contribution in [0.1, 0.15) is 12.8 Å². The Kier molecular flexibility index (Phi) is 3.35. The zero-order chi connectivity index (χ0) is 9.03. The molecule has 0 radical (unpaired) electrons. The molecule has 0 saturated carbocycles. The molecule has 0 aliphatic carbocycles. The zero-order valence-electron chi connectivity index (χ0n) is 7.23. The molecule has 0 amide bonds. The van der Waals surface area contributed by atoms with Gasteiger partial charge in [0.1, 0.15) is 0 Å². The number of carbonyl (C=O) groups excluding carboxylic acids is 1. The zero-order valence-corrected chi connectivity index (χ0v) is 7.99. The van der Waals surface area contributed by atoms with E-state index in [0.29, 0.717) is 5.88 Å². The second kappa shape index (κ2) is 4.10. The summed E-state index contributed by atoms with van der Waals surface area (Å²) in [5.74, 6) is 0.505. The quantitative estimate of drug-likeness (QED) is 0.527. The van der Waals surface area contributed by atoms with Gasteiger partial charge in [-0.3, -0.25) is 4.79 Å². The molecule has 0 spiro atoms. The van der Waals surface area contributed by atoms with E-state index in [-0.39, 0.29) is 11.4 Å². The summed E-state index contributed by atoms with van der Waals surface area (Å²) in [6.45, 7) is 1.47. The summed E-state index contributed by atoms with van der Waals surface area (Å²) in [5.41, 5.74) is -0.274. The highest BCUT2D eigenvalue weighted by Crippen LogP contribution is 2.30. The minimum Gasteiger partial charge on any atom is -0.469 e. The Bertz CT molecular complexity index is 168. The van der Waals surface area contributed by atoms with Gasteiger partial charge in [-0.05, 0) is 12.8 Å². The van der Waals surface area contributed by atoms with Gasteiger partial charge in [-0.2, -0.15) is 0 Å². The number of esters is 1. The van der Waals surface area contributed by atoms with Crippen molar-refractivity contribution in [2.24, 2.45) is 5.41 Å². The normalized spacial score (nSPS) is 19.8. The second-order valence-corrected chi connectivity index (χ2v) is 3.55. The maximum Gasteiger partial charge on any atom is 0.314 e. The number of alkyl halides is 1. The number of methoxy groups -OCH3 is 1. The van der Waals surface area contributed by atoms with Gasteiger partial charge in [0.25, 0.3) is 0 Å². The van der Waals surface area contributed by atoms with Crippen molar-refractivity contribution in [3.63, 3.8) is 0 Å². The van der Waals surface area contributed by atoms with Gasteiger partial charge in [0, 0.05) is 19.0 Å². The number of halogens is 1. The van der Waals surface area contributed by atoms with Gasteiger partial charge >= 0.3 is 5.97 Å². The first-order chi connectivity index (χ1) is 5.75. The summed E-state index contributed by atoms with van der Waals surface area (Å²) in [6, 6.07) is 0. The summed E-state index contributed by atoms with van der Waals surface area (Å²) >= 11 is 5.56. The molecule has 1 aliphatic rings. The maximum absolute atomic E-state index is 11.3. The number of hydrogen-bond acceptors (Lipinski definition) is 3. The fourth-order valence-corrected chi connectivity index (χ4v) is 1.61. The Morgan fingerprint density at radius 1 is 1.67 bits per heavy atom. The molecule has 0 atom stereocenters. The summed E-state index contributed by atoms with van der Waals surface area (Å²) in [4.78, 5) is 11.3. The van der Waals surface area contributed by atoms with E-state index in [1.165, 1.54) is 7.11 Å². The molecule has 1 aliphatic heterocycles. The average molecular weight is 192 g/mol. The average Bonchev–Trinajstić information content (AvgIpc) is 2.02. The van der Waals surface area contributed by atoms with E-state index >= 15 is 0 Å². The van der Waals surface area contributed by atoms with E-state index in [4.69, 9.17) is 16.3 Å². The van der Waals surface area contributed by atoms with Gasteiger partial charge < -0.3 is 10.1 Å². The van der Waals surface area contributed by atoms with E-state index in [2.05, 4.69) is 5.32 Å². The number of nitrogens with one attached hydrogen (secondary N) is 1. The van der Waals surface area contributed by atoms with Crippen molar-refractivity contribution in [3.05, 3.63) is 0 Å². The van der Waals surface area contributed by atoms with Crippen LogP contribution in [-0.2, 0) is 9.53 Å². The van der Waals surface area contributed by atoms with Crippen LogP contribution in [0.4, 0.5) is 0 Å². The van der Waals surface area contributed by atoms with Gasteiger partial charge in [0.15, 0.2) is 0 Å². The first-order valence-corrected chi connectivity index (χ1v) is 4.64. The first-order valence-electron chi connectivity index (χ1n) is 4.10. The SMILES string of the molecule is COC(=O)C1(CCCCl)CNC1. The molecule has 1 rings (SSSR count). The van der Waals surface area contributed by atoms with Gasteiger partial charge in [-0.15, -0.1) is 11.6 Å². The smallest absolute Gasteiger partial charge is 0.314 e. The Hall–Kier alpha value is -0.280. The predicted octanol–water partition coefficient (Wildman–Crippen LogP) is 0.768. The molecule has 0 aromatic heterocycles. The lowest BCUT2D eigenvalue weighted by Crippen LogP contribution is -2.58. The lowest BCUT2D eigenvalue weighted by atomic mass is 9.78. The topological polar surface area (TPSA) is 38.3 Å². The van der Waals surface area contributed by atoms with Crippen molar-refractivity contribution < 1.29 is 9.53 Å². The van der Waals surface area contributed by atoms with Crippen molar-refractivity contribution in [2.75, 3.05) is 26.1 Å². The first kappa shape index (κ1) is 9.81. The molecular formula is C8H14ClNO2. The molecule has 1 saturated heterocycles. The highest BCUT2D eigenvalue weighted by atomic mass is 35.5. The minimum atomic E-state index is -0.274. The third-order valence-electron chi connectivity index (χ3n) is 2.33. The molecule has 0 bridgehead atoms. The molecule has 0 aromatic carbocycles. The van der Waals surface area contributed by atoms with E-state index in [1.54, 1.807) is 0 Å². The molecule has 1 fully saturated rings. The van der Waals surface area contributed by atoms with Crippen LogP contribution in [0.2, 0.25) is 0 Å². The molecule has 4 heteroatoms. The highest BCUT2D eigenvalue weighted by Gasteiger charge is 2.44. The molecule has 3 nitrogen and oxygen atoms in total. The molecule has 1 heterocycles. The fraction of sp³-hybridized carbons (Fsp3) is 0.875. The Labute approximate surface area is 77.4 Å². The van der Waals surface area contributed by atoms with Crippen molar-refractivity contribution in [3.8, 4) is 0 Å². The lowest BCUT2D eigenvalue weighted by molar-refractivity contribution is -0.156. The van der Waals surface area contributed by atoms with Gasteiger partial charge in [0.2, 0.25) is 0 Å². The maximum atomic E-state index is 11.3. The highest BCUT2D eigenvalue weighted by molar-refractivity contribution is 6.17. The standard InChI is InChI=1S/C8H14ClNO2/c1-12-7(11)8(3-2-4-9)5-10-6-8/h10H,2-6H2,1H3. The van der Waals surface area contributed by atoms with Crippen LogP contribution in [0.3, 0.4) is 0 Å². The predicted molar refractivity (Wildman–Crippen MR) is 47.3 cm³/mol. The molecular weight excluding hydrogens is 178 g/mol. The molecule has 12 heavy (non-hydrogen) atoms. The Morgan fingerprint density at radius 2 is 2.33 bits per heavy atom. The third kappa shape index (κ3) is 1.72. The second-order valence-electron chi connectivity index (χ2n) is 3.17. The number of hydrogen-bond donors (Lipinski definition) is 1. The van der Waals surface area contributed by atoms with Gasteiger partial charge in [0.05, 0.1) is 12.5 Å². The van der Waals surface area contributed by atoms with E-state index in [9.17, 15) is 4.79 Å². The number of ether oxygens (including phenoxy) is 1. The molecule has 70 valence electrons. The largest absolute Gasteiger partial charge is 0.469 e. The summed E-state index contributed by atoms with van der Waals surface area (Å²) in [7, 11) is 1.43. The molecule has 0 aromatic rings. The lowest BCUT2D eigenvalue weighted by Gasteiger charge is -2.39. The number of carbonyl (C=O) groups is 1. The fourth-order valence-electron chi connectivity index (χ4n) is 1.47. The van der Waals surface area contributed by atoms with Crippen LogP contribution in [0.5, 0.6) is 0 Å². The van der Waals surface area contributed by atoms with Crippen LogP contribution >= 0.6 is 11.6 Å². The van der Waals surface area contributed by atoms with Crippen LogP contribution in [-0.4, -0.2) is 32.0 Å². The Balaban J connectivity index is 2.44. The van der Waals surface area contributed by atoms with Crippen molar-refractivity contribution in [2.45, 2.75) is 12.8 Å². The third-order valence-corrected chi connectivity index (χ3v) is 2.60. The van der Waals surface area contributed by atoms with Crippen molar-refractivity contribution in [1.82, 2.24) is 5.32 Å². The van der Waals surface area contributed by atoms with Crippen LogP contribution < -0.4 is 5.32 Å². The molecule has 1 N–H and O–H groups in total. The van der Waals surface area contributed by atoms with Crippen LogP contribution in [0, 0.1) is 5.41 Å². The van der Waals surface area contributed by atoms with Gasteiger partial charge in [-0.25, -0.2) is 0 Å². The summed E-state index contributed by atoms with van der Waals surface area (Å²) in [5, 5.41) is 3.08. The van der Waals surface area contributed by atoms with Crippen LogP contribution in [0.15, 0.2) is 0 Å².